The molecule has 0 atom stereocenters. The third-order valence-electron chi connectivity index (χ3n) is 1.99. The maximum Gasteiger partial charge on any atom is 0.151 e. The molecule has 0 amide bonds. The van der Waals surface area contributed by atoms with Crippen molar-refractivity contribution in [1.29, 1.82) is 0 Å². The predicted octanol–water partition coefficient (Wildman–Crippen LogP) is 5.55. The van der Waals surface area contributed by atoms with Crippen LogP contribution in [0.25, 0.3) is 0 Å². The zero-order valence-corrected chi connectivity index (χ0v) is 12.2. The Hall–Kier alpha value is -0.480. The maximum atomic E-state index is 6.01. The molecule has 0 saturated carbocycles. The second-order valence-corrected chi connectivity index (χ2v) is 5.31. The van der Waals surface area contributed by atoms with Gasteiger partial charge in [0.05, 0.1) is 10.0 Å². The largest absolute Gasteiger partial charge is 0.339 e. The highest BCUT2D eigenvalue weighted by Gasteiger charge is 2.07. The van der Waals surface area contributed by atoms with Gasteiger partial charge in [0, 0.05) is 10.2 Å². The molecule has 88 valence electrons. The van der Waals surface area contributed by atoms with Crippen LogP contribution in [0.4, 0.5) is 11.5 Å². The Morgan fingerprint density at radius 2 is 1.65 bits per heavy atom. The van der Waals surface area contributed by atoms with Crippen LogP contribution in [-0.4, -0.2) is 4.98 Å². The minimum atomic E-state index is 0.218. The highest BCUT2D eigenvalue weighted by Crippen LogP contribution is 2.30. The van der Waals surface area contributed by atoms with Gasteiger partial charge in [-0.1, -0.05) is 50.7 Å². The molecule has 2 nitrogen and oxygen atoms in total. The van der Waals surface area contributed by atoms with Crippen molar-refractivity contribution >= 4 is 62.2 Å². The first kappa shape index (κ1) is 13.0. The van der Waals surface area contributed by atoms with Crippen LogP contribution < -0.4 is 5.32 Å². The van der Waals surface area contributed by atoms with Crippen molar-refractivity contribution in [3.05, 3.63) is 50.0 Å². The Labute approximate surface area is 122 Å². The van der Waals surface area contributed by atoms with Crippen molar-refractivity contribution < 1.29 is 0 Å². The molecule has 17 heavy (non-hydrogen) atoms. The number of hydrogen-bond donors (Lipinski definition) is 1. The SMILES string of the molecule is Clc1cc(Cl)c(Nc2ccc(Br)cc2)nc1Cl. The van der Waals surface area contributed by atoms with E-state index in [1.165, 1.54) is 0 Å². The molecule has 0 fully saturated rings. The number of halogens is 4. The molecule has 1 aromatic carbocycles. The van der Waals surface area contributed by atoms with Gasteiger partial charge in [-0.3, -0.25) is 0 Å². The molecule has 1 aromatic heterocycles. The average molecular weight is 352 g/mol. The summed E-state index contributed by atoms with van der Waals surface area (Å²) in [5.41, 5.74) is 0.862. The Morgan fingerprint density at radius 1 is 1.00 bits per heavy atom. The van der Waals surface area contributed by atoms with Gasteiger partial charge < -0.3 is 5.32 Å². The van der Waals surface area contributed by atoms with E-state index < -0.39 is 0 Å². The molecule has 2 rings (SSSR count). The van der Waals surface area contributed by atoms with Crippen molar-refractivity contribution in [2.75, 3.05) is 5.32 Å². The first-order valence-electron chi connectivity index (χ1n) is 4.60. The van der Waals surface area contributed by atoms with Crippen LogP contribution in [0, 0.1) is 0 Å². The van der Waals surface area contributed by atoms with E-state index in [-0.39, 0.29) is 5.15 Å². The molecule has 0 bridgehead atoms. The number of benzene rings is 1. The normalized spacial score (nSPS) is 10.4. The van der Waals surface area contributed by atoms with E-state index in [1.54, 1.807) is 6.07 Å². The second kappa shape index (κ2) is 5.44. The van der Waals surface area contributed by atoms with Crippen molar-refractivity contribution in [2.45, 2.75) is 0 Å². The van der Waals surface area contributed by atoms with Crippen LogP contribution in [0.15, 0.2) is 34.8 Å². The lowest BCUT2D eigenvalue weighted by Crippen LogP contribution is -1.95. The second-order valence-electron chi connectivity index (χ2n) is 3.22. The Morgan fingerprint density at radius 3 is 2.29 bits per heavy atom. The molecular formula is C11H6BrCl3N2. The lowest BCUT2D eigenvalue weighted by atomic mass is 10.3. The number of anilines is 2. The zero-order chi connectivity index (χ0) is 12.4. The van der Waals surface area contributed by atoms with Gasteiger partial charge in [0.1, 0.15) is 5.15 Å². The van der Waals surface area contributed by atoms with E-state index in [1.807, 2.05) is 24.3 Å². The first-order chi connectivity index (χ1) is 8.06. The van der Waals surface area contributed by atoms with E-state index in [9.17, 15) is 0 Å². The van der Waals surface area contributed by atoms with Crippen LogP contribution >= 0.6 is 50.7 Å². The summed E-state index contributed by atoms with van der Waals surface area (Å²) in [6.45, 7) is 0. The Kier molecular flexibility index (Phi) is 4.15. The summed E-state index contributed by atoms with van der Waals surface area (Å²) in [7, 11) is 0. The van der Waals surface area contributed by atoms with Gasteiger partial charge in [-0.25, -0.2) is 4.98 Å². The number of aromatic nitrogens is 1. The first-order valence-corrected chi connectivity index (χ1v) is 6.53. The molecule has 0 aliphatic rings. The minimum absolute atomic E-state index is 0.218. The van der Waals surface area contributed by atoms with Gasteiger partial charge in [0.25, 0.3) is 0 Å². The summed E-state index contributed by atoms with van der Waals surface area (Å²) in [6, 6.07) is 9.16. The Bertz CT molecular complexity index is 543. The fraction of sp³-hybridized carbons (Fsp3) is 0. The smallest absolute Gasteiger partial charge is 0.151 e. The van der Waals surface area contributed by atoms with E-state index in [4.69, 9.17) is 34.8 Å². The Balaban J connectivity index is 2.30. The maximum absolute atomic E-state index is 6.01. The van der Waals surface area contributed by atoms with Gasteiger partial charge >= 0.3 is 0 Å². The lowest BCUT2D eigenvalue weighted by Gasteiger charge is -2.08. The van der Waals surface area contributed by atoms with Gasteiger partial charge in [0.15, 0.2) is 5.82 Å². The van der Waals surface area contributed by atoms with E-state index in [2.05, 4.69) is 26.2 Å². The molecule has 0 radical (unpaired) electrons. The van der Waals surface area contributed by atoms with Crippen LogP contribution in [-0.2, 0) is 0 Å². The molecule has 0 unspecified atom stereocenters. The number of nitrogens with zero attached hydrogens (tertiary/aromatic N) is 1. The van der Waals surface area contributed by atoms with E-state index in [0.717, 1.165) is 10.2 Å². The van der Waals surface area contributed by atoms with Crippen LogP contribution in [0.3, 0.4) is 0 Å². The molecule has 1 N–H and O–H groups in total. The average Bonchev–Trinajstić information content (AvgIpc) is 2.29. The topological polar surface area (TPSA) is 24.9 Å². The van der Waals surface area contributed by atoms with Crippen LogP contribution in [0.2, 0.25) is 15.2 Å². The summed E-state index contributed by atoms with van der Waals surface area (Å²) in [4.78, 5) is 4.07. The molecule has 6 heteroatoms. The van der Waals surface area contributed by atoms with Crippen molar-refractivity contribution in [3.63, 3.8) is 0 Å². The fourth-order valence-electron chi connectivity index (χ4n) is 1.20. The highest BCUT2D eigenvalue weighted by atomic mass is 79.9. The number of hydrogen-bond acceptors (Lipinski definition) is 2. The summed E-state index contributed by atoms with van der Waals surface area (Å²) in [5, 5.41) is 4.03. The van der Waals surface area contributed by atoms with Crippen molar-refractivity contribution in [3.8, 4) is 0 Å². The molecular weight excluding hydrogens is 346 g/mol. The van der Waals surface area contributed by atoms with Gasteiger partial charge in [-0.15, -0.1) is 0 Å². The number of nitrogens with one attached hydrogen (secondary N) is 1. The van der Waals surface area contributed by atoms with E-state index >= 15 is 0 Å². The highest BCUT2D eigenvalue weighted by molar-refractivity contribution is 9.10. The standard InChI is InChI=1S/C11H6BrCl3N2/c12-6-1-3-7(4-2-6)16-11-9(14)5-8(13)10(15)17-11/h1-5H,(H,16,17). The summed E-state index contributed by atoms with van der Waals surface area (Å²) in [6.07, 6.45) is 0. The quantitative estimate of drug-likeness (QED) is 0.717. The minimum Gasteiger partial charge on any atom is -0.339 e. The summed E-state index contributed by atoms with van der Waals surface area (Å²) < 4.78 is 0.997. The zero-order valence-electron chi connectivity index (χ0n) is 8.35. The molecule has 0 saturated heterocycles. The van der Waals surface area contributed by atoms with E-state index in [0.29, 0.717) is 15.9 Å². The van der Waals surface area contributed by atoms with Crippen molar-refractivity contribution in [2.24, 2.45) is 0 Å². The van der Waals surface area contributed by atoms with Gasteiger partial charge in [-0.05, 0) is 30.3 Å². The third-order valence-corrected chi connectivity index (χ3v) is 3.48. The molecule has 0 aliphatic heterocycles. The molecule has 0 spiro atoms. The van der Waals surface area contributed by atoms with Crippen molar-refractivity contribution in [1.82, 2.24) is 4.98 Å². The monoisotopic (exact) mass is 350 g/mol. The number of pyridine rings is 1. The predicted molar refractivity (Wildman–Crippen MR) is 76.7 cm³/mol. The molecule has 1 heterocycles. The third kappa shape index (κ3) is 3.26. The summed E-state index contributed by atoms with van der Waals surface area (Å²) in [5.74, 6) is 0.475. The van der Waals surface area contributed by atoms with Gasteiger partial charge in [-0.2, -0.15) is 0 Å². The molecule has 2 aromatic rings. The lowest BCUT2D eigenvalue weighted by molar-refractivity contribution is 1.31. The summed E-state index contributed by atoms with van der Waals surface area (Å²) >= 11 is 21.0. The number of rotatable bonds is 2. The van der Waals surface area contributed by atoms with Crippen LogP contribution in [0.5, 0.6) is 0 Å². The molecule has 0 aliphatic carbocycles. The van der Waals surface area contributed by atoms with Crippen LogP contribution in [0.1, 0.15) is 0 Å². The fourth-order valence-corrected chi connectivity index (χ4v) is 2.01. The van der Waals surface area contributed by atoms with Gasteiger partial charge in [0.2, 0.25) is 0 Å².